The van der Waals surface area contributed by atoms with Crippen molar-refractivity contribution in [3.63, 3.8) is 0 Å². The van der Waals surface area contributed by atoms with Crippen LogP contribution in [0.2, 0.25) is 0 Å². The second-order valence-electron chi connectivity index (χ2n) is 6.19. The van der Waals surface area contributed by atoms with E-state index < -0.39 is 10.0 Å². The predicted octanol–water partition coefficient (Wildman–Crippen LogP) is 3.10. The van der Waals surface area contributed by atoms with Gasteiger partial charge in [0.1, 0.15) is 0 Å². The van der Waals surface area contributed by atoms with E-state index >= 15 is 0 Å². The van der Waals surface area contributed by atoms with Crippen LogP contribution in [0.5, 0.6) is 0 Å². The molecule has 0 amide bonds. The summed E-state index contributed by atoms with van der Waals surface area (Å²) in [7, 11) is -3.82. The second kappa shape index (κ2) is 8.61. The molecular weight excluding hydrogens is 390 g/mol. The van der Waals surface area contributed by atoms with Gasteiger partial charge in [0.25, 0.3) is 10.0 Å². The number of carbonyl (C=O) groups excluding carboxylic acids is 1. The van der Waals surface area contributed by atoms with Crippen molar-refractivity contribution < 1.29 is 13.2 Å². The Morgan fingerprint density at radius 2 is 1.72 bits per heavy atom. The number of hydrogen-bond donors (Lipinski definition) is 2. The summed E-state index contributed by atoms with van der Waals surface area (Å²) in [6, 6.07) is 11.2. The first-order valence-electron chi connectivity index (χ1n) is 8.66. The number of sulfonamides is 1. The highest BCUT2D eigenvalue weighted by Gasteiger charge is 2.16. The first-order chi connectivity index (χ1) is 13.8. The van der Waals surface area contributed by atoms with E-state index in [-0.39, 0.29) is 16.6 Å². The Morgan fingerprint density at radius 1 is 1.03 bits per heavy atom. The zero-order valence-corrected chi connectivity index (χ0v) is 16.6. The third kappa shape index (κ3) is 5.45. The van der Waals surface area contributed by atoms with E-state index in [9.17, 15) is 13.2 Å². The van der Waals surface area contributed by atoms with Gasteiger partial charge in [0.2, 0.25) is 5.95 Å². The van der Waals surface area contributed by atoms with Gasteiger partial charge in [-0.05, 0) is 56.3 Å². The molecule has 3 aromatic rings. The van der Waals surface area contributed by atoms with Gasteiger partial charge in [-0.3, -0.25) is 9.78 Å². The first kappa shape index (κ1) is 20.2. The smallest absolute Gasteiger partial charge is 0.264 e. The summed E-state index contributed by atoms with van der Waals surface area (Å²) in [5, 5.41) is 2.93. The molecule has 0 fully saturated rings. The molecule has 29 heavy (non-hydrogen) atoms. The van der Waals surface area contributed by atoms with Crippen molar-refractivity contribution in [3.8, 4) is 0 Å². The maximum atomic E-state index is 12.5. The van der Waals surface area contributed by atoms with Crippen molar-refractivity contribution in [1.82, 2.24) is 15.0 Å². The third-order valence-electron chi connectivity index (χ3n) is 3.80. The van der Waals surface area contributed by atoms with Crippen LogP contribution in [-0.4, -0.2) is 29.2 Å². The topological polar surface area (TPSA) is 114 Å². The van der Waals surface area contributed by atoms with Crippen LogP contribution in [0.3, 0.4) is 0 Å². The minimum Gasteiger partial charge on any atom is -0.362 e. The Labute approximate surface area is 168 Å². The van der Waals surface area contributed by atoms with E-state index in [4.69, 9.17) is 0 Å². The normalized spacial score (nSPS) is 11.4. The van der Waals surface area contributed by atoms with Crippen LogP contribution in [0.25, 0.3) is 0 Å². The van der Waals surface area contributed by atoms with Crippen LogP contribution in [0.15, 0.2) is 72.0 Å². The number of carbonyl (C=O) groups is 1. The Kier molecular flexibility index (Phi) is 5.99. The van der Waals surface area contributed by atoms with Crippen LogP contribution in [0, 0.1) is 13.8 Å². The molecule has 0 saturated heterocycles. The average Bonchev–Trinajstić information content (AvgIpc) is 2.68. The summed E-state index contributed by atoms with van der Waals surface area (Å²) in [4.78, 5) is 24.1. The summed E-state index contributed by atoms with van der Waals surface area (Å²) >= 11 is 0. The number of hydrogen-bond acceptors (Lipinski definition) is 7. The second-order valence-corrected chi connectivity index (χ2v) is 7.87. The van der Waals surface area contributed by atoms with Crippen molar-refractivity contribution in [2.75, 3.05) is 10.0 Å². The Morgan fingerprint density at radius 3 is 2.34 bits per heavy atom. The standard InChI is InChI=1S/C20H19N5O3S/c1-14-12-15(2)24-20(23-14)25-29(27,28)18-7-5-17(6-8-18)22-11-9-19(26)16-4-3-10-21-13-16/h3-13,22H,1-2H3,(H,23,24,25)/b11-9-. The van der Waals surface area contributed by atoms with Crippen LogP contribution < -0.4 is 10.0 Å². The lowest BCUT2D eigenvalue weighted by Crippen LogP contribution is -2.15. The fourth-order valence-corrected chi connectivity index (χ4v) is 3.44. The minimum atomic E-state index is -3.82. The Hall–Kier alpha value is -3.59. The molecular formula is C20H19N5O3S. The number of pyridine rings is 1. The van der Waals surface area contributed by atoms with Gasteiger partial charge in [-0.2, -0.15) is 0 Å². The monoisotopic (exact) mass is 409 g/mol. The van der Waals surface area contributed by atoms with Gasteiger partial charge in [0.05, 0.1) is 4.90 Å². The van der Waals surface area contributed by atoms with Crippen molar-refractivity contribution in [1.29, 1.82) is 0 Å². The fraction of sp³-hybridized carbons (Fsp3) is 0.100. The quantitative estimate of drug-likeness (QED) is 0.455. The van der Waals surface area contributed by atoms with Crippen LogP contribution in [-0.2, 0) is 10.0 Å². The Bertz CT molecular complexity index is 1120. The maximum Gasteiger partial charge on any atom is 0.264 e. The summed E-state index contributed by atoms with van der Waals surface area (Å²) in [6.07, 6.45) is 5.94. The summed E-state index contributed by atoms with van der Waals surface area (Å²) in [6.45, 7) is 3.53. The molecule has 0 aliphatic rings. The molecule has 0 aliphatic heterocycles. The largest absolute Gasteiger partial charge is 0.362 e. The van der Waals surface area contributed by atoms with Gasteiger partial charge in [0, 0.05) is 47.3 Å². The molecule has 0 atom stereocenters. The number of aromatic nitrogens is 3. The van der Waals surface area contributed by atoms with Gasteiger partial charge >= 0.3 is 0 Å². The van der Waals surface area contributed by atoms with E-state index in [2.05, 4.69) is 25.0 Å². The zero-order chi connectivity index (χ0) is 20.9. The average molecular weight is 409 g/mol. The lowest BCUT2D eigenvalue weighted by atomic mass is 10.2. The summed E-state index contributed by atoms with van der Waals surface area (Å²) < 4.78 is 27.4. The molecule has 3 rings (SSSR count). The highest BCUT2D eigenvalue weighted by Crippen LogP contribution is 2.17. The van der Waals surface area contributed by atoms with Gasteiger partial charge in [-0.1, -0.05) is 0 Å². The Balaban J connectivity index is 1.66. The number of benzene rings is 1. The molecule has 0 saturated carbocycles. The molecule has 0 unspecified atom stereocenters. The predicted molar refractivity (Wildman–Crippen MR) is 110 cm³/mol. The molecule has 0 spiro atoms. The number of aryl methyl sites for hydroxylation is 2. The van der Waals surface area contributed by atoms with Crippen LogP contribution in [0.4, 0.5) is 11.6 Å². The van der Waals surface area contributed by atoms with E-state index in [1.165, 1.54) is 30.6 Å². The molecule has 2 heterocycles. The molecule has 1 aromatic carbocycles. The zero-order valence-electron chi connectivity index (χ0n) is 15.8. The third-order valence-corrected chi connectivity index (χ3v) is 5.15. The molecule has 148 valence electrons. The van der Waals surface area contributed by atoms with Gasteiger partial charge in [-0.15, -0.1) is 0 Å². The van der Waals surface area contributed by atoms with E-state index in [1.807, 2.05) is 0 Å². The molecule has 2 N–H and O–H groups in total. The van der Waals surface area contributed by atoms with Crippen molar-refractivity contribution >= 4 is 27.4 Å². The number of ketones is 1. The SMILES string of the molecule is Cc1cc(C)nc(NS(=O)(=O)c2ccc(N/C=C\C(=O)c3cccnc3)cc2)n1. The number of rotatable bonds is 7. The van der Waals surface area contributed by atoms with Gasteiger partial charge in [0.15, 0.2) is 5.78 Å². The van der Waals surface area contributed by atoms with Gasteiger partial charge < -0.3 is 5.32 Å². The number of nitrogens with zero attached hydrogens (tertiary/aromatic N) is 3. The van der Waals surface area contributed by atoms with E-state index in [0.29, 0.717) is 22.6 Å². The van der Waals surface area contributed by atoms with Crippen LogP contribution in [0.1, 0.15) is 21.7 Å². The lowest BCUT2D eigenvalue weighted by Gasteiger charge is -2.08. The first-order valence-corrected chi connectivity index (χ1v) is 10.1. The highest BCUT2D eigenvalue weighted by molar-refractivity contribution is 7.92. The van der Waals surface area contributed by atoms with E-state index in [1.54, 1.807) is 50.4 Å². The van der Waals surface area contributed by atoms with Crippen molar-refractivity contribution in [3.05, 3.63) is 84.1 Å². The molecule has 8 nitrogen and oxygen atoms in total. The summed E-state index contributed by atoms with van der Waals surface area (Å²) in [5.41, 5.74) is 2.44. The maximum absolute atomic E-state index is 12.5. The van der Waals surface area contributed by atoms with Gasteiger partial charge in [-0.25, -0.2) is 23.1 Å². The lowest BCUT2D eigenvalue weighted by molar-refractivity contribution is 0.104. The highest BCUT2D eigenvalue weighted by atomic mass is 32.2. The number of allylic oxidation sites excluding steroid dienone is 1. The van der Waals surface area contributed by atoms with Crippen molar-refractivity contribution in [2.24, 2.45) is 0 Å². The minimum absolute atomic E-state index is 0.0292. The summed E-state index contributed by atoms with van der Waals surface area (Å²) in [5.74, 6) is -0.163. The molecule has 2 aromatic heterocycles. The fourth-order valence-electron chi connectivity index (χ4n) is 2.50. The molecule has 9 heteroatoms. The van der Waals surface area contributed by atoms with Crippen LogP contribution >= 0.6 is 0 Å². The molecule has 0 aliphatic carbocycles. The molecule has 0 radical (unpaired) electrons. The number of anilines is 2. The number of nitrogens with one attached hydrogen (secondary N) is 2. The van der Waals surface area contributed by atoms with Crippen molar-refractivity contribution in [2.45, 2.75) is 18.7 Å². The van der Waals surface area contributed by atoms with E-state index in [0.717, 1.165) is 0 Å². The molecule has 0 bridgehead atoms.